The van der Waals surface area contributed by atoms with Crippen LogP contribution >= 0.6 is 0 Å². The SMILES string of the molecule is CC(C(=O)O)C1CCCc2cocc21. The first-order valence-electron chi connectivity index (χ1n) is 4.98. The summed E-state index contributed by atoms with van der Waals surface area (Å²) in [4.78, 5) is 10.9. The second kappa shape index (κ2) is 3.48. The van der Waals surface area contributed by atoms with E-state index in [0.29, 0.717) is 0 Å². The van der Waals surface area contributed by atoms with Gasteiger partial charge in [0.1, 0.15) is 0 Å². The Kier molecular flexibility index (Phi) is 2.32. The molecular weight excluding hydrogens is 180 g/mol. The minimum Gasteiger partial charge on any atom is -0.481 e. The summed E-state index contributed by atoms with van der Waals surface area (Å²) < 4.78 is 5.13. The Labute approximate surface area is 82.7 Å². The highest BCUT2D eigenvalue weighted by Crippen LogP contribution is 2.37. The summed E-state index contributed by atoms with van der Waals surface area (Å²) in [7, 11) is 0. The number of carboxylic acid groups (broad SMARTS) is 1. The van der Waals surface area contributed by atoms with Gasteiger partial charge < -0.3 is 9.52 Å². The van der Waals surface area contributed by atoms with Gasteiger partial charge in [-0.05, 0) is 30.4 Å². The molecule has 0 saturated heterocycles. The van der Waals surface area contributed by atoms with E-state index in [9.17, 15) is 4.79 Å². The van der Waals surface area contributed by atoms with E-state index in [4.69, 9.17) is 9.52 Å². The summed E-state index contributed by atoms with van der Waals surface area (Å²) in [5.41, 5.74) is 2.29. The molecule has 1 aliphatic carbocycles. The van der Waals surface area contributed by atoms with Gasteiger partial charge in [0.2, 0.25) is 0 Å². The third-order valence-corrected chi connectivity index (χ3v) is 3.13. The van der Waals surface area contributed by atoms with Crippen molar-refractivity contribution in [3.8, 4) is 0 Å². The van der Waals surface area contributed by atoms with Crippen molar-refractivity contribution >= 4 is 5.97 Å². The van der Waals surface area contributed by atoms with Crippen LogP contribution in [0.2, 0.25) is 0 Å². The number of furan rings is 1. The zero-order chi connectivity index (χ0) is 10.1. The molecule has 14 heavy (non-hydrogen) atoms. The maximum absolute atomic E-state index is 10.9. The van der Waals surface area contributed by atoms with Crippen LogP contribution in [0.4, 0.5) is 0 Å². The maximum Gasteiger partial charge on any atom is 0.306 e. The van der Waals surface area contributed by atoms with Crippen molar-refractivity contribution < 1.29 is 14.3 Å². The lowest BCUT2D eigenvalue weighted by atomic mass is 9.78. The molecule has 0 spiro atoms. The first-order valence-corrected chi connectivity index (χ1v) is 4.98. The molecule has 1 aromatic heterocycles. The molecule has 0 amide bonds. The van der Waals surface area contributed by atoms with Crippen molar-refractivity contribution in [3.63, 3.8) is 0 Å². The van der Waals surface area contributed by atoms with E-state index in [1.54, 1.807) is 19.5 Å². The second-order valence-electron chi connectivity index (χ2n) is 3.98. The van der Waals surface area contributed by atoms with Gasteiger partial charge in [0.05, 0.1) is 18.4 Å². The number of hydrogen-bond donors (Lipinski definition) is 1. The number of carboxylic acids is 1. The predicted octanol–water partition coefficient (Wildman–Crippen LogP) is 2.42. The van der Waals surface area contributed by atoms with Crippen LogP contribution in [0, 0.1) is 5.92 Å². The van der Waals surface area contributed by atoms with Crippen LogP contribution in [0.3, 0.4) is 0 Å². The van der Waals surface area contributed by atoms with E-state index >= 15 is 0 Å². The molecule has 76 valence electrons. The number of rotatable bonds is 2. The Morgan fingerprint density at radius 2 is 2.43 bits per heavy atom. The highest BCUT2D eigenvalue weighted by molar-refractivity contribution is 5.71. The minimum absolute atomic E-state index is 0.134. The van der Waals surface area contributed by atoms with Gasteiger partial charge in [-0.3, -0.25) is 4.79 Å². The van der Waals surface area contributed by atoms with Gasteiger partial charge in [-0.1, -0.05) is 6.92 Å². The lowest BCUT2D eigenvalue weighted by Crippen LogP contribution is -2.21. The van der Waals surface area contributed by atoms with Crippen molar-refractivity contribution in [3.05, 3.63) is 23.7 Å². The van der Waals surface area contributed by atoms with Crippen molar-refractivity contribution in [1.29, 1.82) is 0 Å². The fourth-order valence-electron chi connectivity index (χ4n) is 2.22. The van der Waals surface area contributed by atoms with E-state index < -0.39 is 5.97 Å². The average molecular weight is 194 g/mol. The lowest BCUT2D eigenvalue weighted by molar-refractivity contribution is -0.142. The zero-order valence-corrected chi connectivity index (χ0v) is 8.19. The van der Waals surface area contributed by atoms with Gasteiger partial charge in [-0.15, -0.1) is 0 Å². The minimum atomic E-state index is -0.718. The van der Waals surface area contributed by atoms with Gasteiger partial charge in [0.25, 0.3) is 0 Å². The van der Waals surface area contributed by atoms with Crippen LogP contribution in [0.25, 0.3) is 0 Å². The van der Waals surface area contributed by atoms with Crippen LogP contribution in [0.15, 0.2) is 16.9 Å². The summed E-state index contributed by atoms with van der Waals surface area (Å²) in [6.45, 7) is 1.77. The van der Waals surface area contributed by atoms with E-state index in [2.05, 4.69) is 0 Å². The van der Waals surface area contributed by atoms with Gasteiger partial charge in [0.15, 0.2) is 0 Å². The smallest absolute Gasteiger partial charge is 0.306 e. The lowest BCUT2D eigenvalue weighted by Gasteiger charge is -2.24. The Bertz CT molecular complexity index is 340. The van der Waals surface area contributed by atoms with Crippen LogP contribution in [0.1, 0.15) is 36.8 Å². The molecule has 3 heteroatoms. The molecular formula is C11H14O3. The Balaban J connectivity index is 2.28. The summed E-state index contributed by atoms with van der Waals surface area (Å²) >= 11 is 0. The molecule has 0 aromatic carbocycles. The number of fused-ring (bicyclic) bond motifs is 1. The molecule has 1 aliphatic rings. The summed E-state index contributed by atoms with van der Waals surface area (Å²) in [6, 6.07) is 0. The van der Waals surface area contributed by atoms with Crippen LogP contribution in [-0.2, 0) is 11.2 Å². The van der Waals surface area contributed by atoms with Crippen molar-refractivity contribution in [2.75, 3.05) is 0 Å². The fraction of sp³-hybridized carbons (Fsp3) is 0.545. The second-order valence-corrected chi connectivity index (χ2v) is 3.98. The highest BCUT2D eigenvalue weighted by Gasteiger charge is 2.30. The van der Waals surface area contributed by atoms with Gasteiger partial charge >= 0.3 is 5.97 Å². The molecule has 2 atom stereocenters. The predicted molar refractivity (Wildman–Crippen MR) is 51.2 cm³/mol. The average Bonchev–Trinajstić information content (AvgIpc) is 2.63. The normalized spacial score (nSPS) is 22.8. The Hall–Kier alpha value is -1.25. The first-order chi connectivity index (χ1) is 6.70. The fourth-order valence-corrected chi connectivity index (χ4v) is 2.22. The van der Waals surface area contributed by atoms with E-state index in [0.717, 1.165) is 24.8 Å². The summed E-state index contributed by atoms with van der Waals surface area (Å²) in [6.07, 6.45) is 6.50. The van der Waals surface area contributed by atoms with E-state index in [1.165, 1.54) is 5.56 Å². The van der Waals surface area contributed by atoms with Crippen molar-refractivity contribution in [1.82, 2.24) is 0 Å². The van der Waals surface area contributed by atoms with E-state index in [1.807, 2.05) is 0 Å². The molecule has 3 nitrogen and oxygen atoms in total. The molecule has 0 radical (unpaired) electrons. The molecule has 1 heterocycles. The molecule has 2 unspecified atom stereocenters. The monoisotopic (exact) mass is 194 g/mol. The van der Waals surface area contributed by atoms with E-state index in [-0.39, 0.29) is 11.8 Å². The topological polar surface area (TPSA) is 50.4 Å². The quantitative estimate of drug-likeness (QED) is 0.786. The molecule has 2 rings (SSSR count). The van der Waals surface area contributed by atoms with Gasteiger partial charge in [-0.25, -0.2) is 0 Å². The molecule has 0 bridgehead atoms. The molecule has 1 aromatic rings. The third-order valence-electron chi connectivity index (χ3n) is 3.13. The zero-order valence-electron chi connectivity index (χ0n) is 8.19. The summed E-state index contributed by atoms with van der Waals surface area (Å²) in [5, 5.41) is 8.97. The number of aryl methyl sites for hydroxylation is 1. The van der Waals surface area contributed by atoms with Crippen molar-refractivity contribution in [2.24, 2.45) is 5.92 Å². The van der Waals surface area contributed by atoms with Crippen LogP contribution in [0.5, 0.6) is 0 Å². The number of aliphatic carboxylic acids is 1. The maximum atomic E-state index is 10.9. The van der Waals surface area contributed by atoms with Crippen molar-refractivity contribution in [2.45, 2.75) is 32.1 Å². The van der Waals surface area contributed by atoms with Gasteiger partial charge in [0, 0.05) is 5.92 Å². The molecule has 1 N–H and O–H groups in total. The van der Waals surface area contributed by atoms with Crippen LogP contribution in [-0.4, -0.2) is 11.1 Å². The third kappa shape index (κ3) is 1.43. The molecule has 0 aliphatic heterocycles. The standard InChI is InChI=1S/C11H14O3/c1-7(11(12)13)9-4-2-3-8-5-14-6-10(8)9/h5-7,9H,2-4H2,1H3,(H,12,13). The summed E-state index contributed by atoms with van der Waals surface area (Å²) in [5.74, 6) is -0.898. The molecule has 0 saturated carbocycles. The Morgan fingerprint density at radius 1 is 1.64 bits per heavy atom. The van der Waals surface area contributed by atoms with Gasteiger partial charge in [-0.2, -0.15) is 0 Å². The number of hydrogen-bond acceptors (Lipinski definition) is 2. The van der Waals surface area contributed by atoms with Crippen LogP contribution < -0.4 is 0 Å². The Morgan fingerprint density at radius 3 is 3.14 bits per heavy atom. The highest BCUT2D eigenvalue weighted by atomic mass is 16.4. The number of carbonyl (C=O) groups is 1. The first kappa shape index (κ1) is 9.31. The molecule has 0 fully saturated rings. The largest absolute Gasteiger partial charge is 0.481 e.